The van der Waals surface area contributed by atoms with Gasteiger partial charge >= 0.3 is 0 Å². The standard InChI is InChI=1S/C20H25ClN4.HI/c21-17-8-6-16(7-9-17)20(11-2-3-12-20)15-25-19(22)24-14-10-18-5-1-4-13-23-18;/h1,4-9,13H,2-3,10-12,14-15H2,(H3,22,24,25);1H. The molecule has 1 heterocycles. The second-order valence-electron chi connectivity index (χ2n) is 6.69. The minimum absolute atomic E-state index is 0. The van der Waals surface area contributed by atoms with Crippen molar-refractivity contribution in [1.82, 2.24) is 10.3 Å². The number of hydrogen-bond donors (Lipinski definition) is 2. The third-order valence-electron chi connectivity index (χ3n) is 4.98. The number of nitrogens with two attached hydrogens (primary N) is 1. The van der Waals surface area contributed by atoms with Gasteiger partial charge in [0.2, 0.25) is 0 Å². The van der Waals surface area contributed by atoms with E-state index in [9.17, 15) is 0 Å². The maximum absolute atomic E-state index is 6.07. The van der Waals surface area contributed by atoms with E-state index in [-0.39, 0.29) is 29.4 Å². The quantitative estimate of drug-likeness (QED) is 0.365. The van der Waals surface area contributed by atoms with Crippen LogP contribution in [0.2, 0.25) is 5.02 Å². The molecule has 0 bridgehead atoms. The van der Waals surface area contributed by atoms with E-state index >= 15 is 0 Å². The van der Waals surface area contributed by atoms with Crippen LogP contribution in [0.15, 0.2) is 53.7 Å². The van der Waals surface area contributed by atoms with E-state index in [1.807, 2.05) is 36.5 Å². The van der Waals surface area contributed by atoms with E-state index in [1.165, 1.54) is 18.4 Å². The van der Waals surface area contributed by atoms with Gasteiger partial charge in [-0.25, -0.2) is 0 Å². The van der Waals surface area contributed by atoms with E-state index in [0.717, 1.165) is 43.1 Å². The topological polar surface area (TPSA) is 63.3 Å². The Morgan fingerprint density at radius 1 is 1.15 bits per heavy atom. The second-order valence-corrected chi connectivity index (χ2v) is 7.13. The summed E-state index contributed by atoms with van der Waals surface area (Å²) >= 11 is 6.04. The monoisotopic (exact) mass is 484 g/mol. The van der Waals surface area contributed by atoms with Crippen LogP contribution in [-0.2, 0) is 11.8 Å². The summed E-state index contributed by atoms with van der Waals surface area (Å²) in [6.45, 7) is 1.46. The maximum Gasteiger partial charge on any atom is 0.188 e. The summed E-state index contributed by atoms with van der Waals surface area (Å²) in [5.74, 6) is 0.510. The highest BCUT2D eigenvalue weighted by Crippen LogP contribution is 2.41. The molecule has 26 heavy (non-hydrogen) atoms. The van der Waals surface area contributed by atoms with Gasteiger partial charge in [-0.2, -0.15) is 0 Å². The lowest BCUT2D eigenvalue weighted by Crippen LogP contribution is -2.35. The van der Waals surface area contributed by atoms with E-state index in [0.29, 0.717) is 5.96 Å². The highest BCUT2D eigenvalue weighted by atomic mass is 127. The molecular formula is C20H26ClIN4. The van der Waals surface area contributed by atoms with E-state index in [2.05, 4.69) is 27.4 Å². The van der Waals surface area contributed by atoms with Crippen molar-refractivity contribution in [2.24, 2.45) is 10.7 Å². The molecule has 3 N–H and O–H groups in total. The molecule has 0 unspecified atom stereocenters. The molecule has 0 aliphatic heterocycles. The van der Waals surface area contributed by atoms with Crippen molar-refractivity contribution in [1.29, 1.82) is 0 Å². The number of pyridine rings is 1. The number of nitrogens with zero attached hydrogens (tertiary/aromatic N) is 2. The Balaban J connectivity index is 0.00000243. The summed E-state index contributed by atoms with van der Waals surface area (Å²) < 4.78 is 0. The number of aromatic nitrogens is 1. The van der Waals surface area contributed by atoms with Crippen molar-refractivity contribution in [3.05, 3.63) is 64.9 Å². The third kappa shape index (κ3) is 5.58. The van der Waals surface area contributed by atoms with Crippen LogP contribution in [0.25, 0.3) is 0 Å². The normalized spacial score (nSPS) is 16.1. The van der Waals surface area contributed by atoms with Gasteiger partial charge < -0.3 is 11.1 Å². The summed E-state index contributed by atoms with van der Waals surface area (Å²) in [5, 5.41) is 3.97. The van der Waals surface area contributed by atoms with Crippen molar-refractivity contribution in [3.63, 3.8) is 0 Å². The number of rotatable bonds is 6. The van der Waals surface area contributed by atoms with Crippen molar-refractivity contribution >= 4 is 41.5 Å². The molecule has 1 aliphatic carbocycles. The molecule has 2 aromatic rings. The van der Waals surface area contributed by atoms with Crippen LogP contribution in [0.3, 0.4) is 0 Å². The van der Waals surface area contributed by atoms with Crippen LogP contribution in [0, 0.1) is 0 Å². The van der Waals surface area contributed by atoms with E-state index in [1.54, 1.807) is 0 Å². The minimum atomic E-state index is 0. The zero-order valence-electron chi connectivity index (χ0n) is 14.8. The van der Waals surface area contributed by atoms with Crippen LogP contribution in [0.1, 0.15) is 36.9 Å². The first-order chi connectivity index (χ1) is 12.2. The Labute approximate surface area is 177 Å². The zero-order chi connectivity index (χ0) is 17.5. The van der Waals surface area contributed by atoms with Gasteiger partial charge in [0.25, 0.3) is 0 Å². The predicted octanol–water partition coefficient (Wildman–Crippen LogP) is 4.31. The Morgan fingerprint density at radius 3 is 2.54 bits per heavy atom. The smallest absolute Gasteiger partial charge is 0.188 e. The van der Waals surface area contributed by atoms with E-state index in [4.69, 9.17) is 17.3 Å². The number of guanidine groups is 1. The predicted molar refractivity (Wildman–Crippen MR) is 119 cm³/mol. The van der Waals surface area contributed by atoms with Crippen LogP contribution >= 0.6 is 35.6 Å². The van der Waals surface area contributed by atoms with Gasteiger partial charge in [-0.15, -0.1) is 24.0 Å². The molecule has 0 spiro atoms. The molecule has 0 atom stereocenters. The lowest BCUT2D eigenvalue weighted by atomic mass is 9.79. The van der Waals surface area contributed by atoms with Gasteiger partial charge in [0, 0.05) is 35.3 Å². The molecule has 1 aromatic carbocycles. The Morgan fingerprint density at radius 2 is 1.88 bits per heavy atom. The fourth-order valence-electron chi connectivity index (χ4n) is 3.55. The Hall–Kier alpha value is -1.34. The van der Waals surface area contributed by atoms with Gasteiger partial charge in [0.05, 0.1) is 6.54 Å². The molecule has 4 nitrogen and oxygen atoms in total. The molecule has 6 heteroatoms. The molecule has 1 saturated carbocycles. The first-order valence-electron chi connectivity index (χ1n) is 8.88. The summed E-state index contributed by atoms with van der Waals surface area (Å²) in [6.07, 6.45) is 7.43. The average molecular weight is 485 g/mol. The van der Waals surface area contributed by atoms with Crippen LogP contribution < -0.4 is 11.1 Å². The van der Waals surface area contributed by atoms with Crippen LogP contribution in [0.5, 0.6) is 0 Å². The molecule has 140 valence electrons. The maximum atomic E-state index is 6.07. The van der Waals surface area contributed by atoms with Crippen molar-refractivity contribution in [2.45, 2.75) is 37.5 Å². The largest absolute Gasteiger partial charge is 0.370 e. The highest BCUT2D eigenvalue weighted by Gasteiger charge is 2.35. The molecular weight excluding hydrogens is 459 g/mol. The summed E-state index contributed by atoms with van der Waals surface area (Å²) in [4.78, 5) is 8.95. The second kappa shape index (κ2) is 10.1. The van der Waals surface area contributed by atoms with Gasteiger partial charge in [-0.1, -0.05) is 42.6 Å². The van der Waals surface area contributed by atoms with Gasteiger partial charge in [-0.05, 0) is 42.7 Å². The molecule has 1 aliphatic rings. The number of aliphatic imine (C=N–C) groups is 1. The fraction of sp³-hybridized carbons (Fsp3) is 0.400. The molecule has 0 saturated heterocycles. The number of nitrogens with one attached hydrogen (secondary N) is 1. The van der Waals surface area contributed by atoms with Crippen molar-refractivity contribution in [2.75, 3.05) is 13.1 Å². The van der Waals surface area contributed by atoms with Gasteiger partial charge in [-0.3, -0.25) is 9.98 Å². The molecule has 1 fully saturated rings. The average Bonchev–Trinajstić information content (AvgIpc) is 3.12. The van der Waals surface area contributed by atoms with Gasteiger partial charge in [0.1, 0.15) is 0 Å². The lowest BCUT2D eigenvalue weighted by molar-refractivity contribution is 0.453. The third-order valence-corrected chi connectivity index (χ3v) is 5.23. The molecule has 1 aromatic heterocycles. The number of benzene rings is 1. The van der Waals surface area contributed by atoms with E-state index < -0.39 is 0 Å². The fourth-order valence-corrected chi connectivity index (χ4v) is 3.68. The summed E-state index contributed by atoms with van der Waals surface area (Å²) in [7, 11) is 0. The Bertz CT molecular complexity index is 698. The SMILES string of the molecule is I.NC(=NCC1(c2ccc(Cl)cc2)CCCC1)NCCc1ccccn1. The molecule has 0 radical (unpaired) electrons. The van der Waals surface area contributed by atoms with Crippen molar-refractivity contribution < 1.29 is 0 Å². The Kier molecular flexibility index (Phi) is 8.15. The molecule has 0 amide bonds. The number of halogens is 2. The number of hydrogen-bond acceptors (Lipinski definition) is 2. The van der Waals surface area contributed by atoms with Crippen LogP contribution in [0.4, 0.5) is 0 Å². The summed E-state index contributed by atoms with van der Waals surface area (Å²) in [6, 6.07) is 14.1. The first-order valence-corrected chi connectivity index (χ1v) is 9.26. The highest BCUT2D eigenvalue weighted by molar-refractivity contribution is 14.0. The first kappa shape index (κ1) is 21.0. The zero-order valence-corrected chi connectivity index (χ0v) is 17.9. The van der Waals surface area contributed by atoms with Crippen LogP contribution in [-0.4, -0.2) is 24.0 Å². The van der Waals surface area contributed by atoms with Gasteiger partial charge in [0.15, 0.2) is 5.96 Å². The molecule has 3 rings (SSSR count). The summed E-state index contributed by atoms with van der Waals surface area (Å²) in [5.41, 5.74) is 8.54. The van der Waals surface area contributed by atoms with Crippen molar-refractivity contribution in [3.8, 4) is 0 Å². The minimum Gasteiger partial charge on any atom is -0.370 e. The lowest BCUT2D eigenvalue weighted by Gasteiger charge is -2.28.